The number of amides is 1. The van der Waals surface area contributed by atoms with E-state index in [1.54, 1.807) is 7.05 Å². The van der Waals surface area contributed by atoms with Gasteiger partial charge < -0.3 is 5.32 Å². The normalized spacial score (nSPS) is 11.4. The zero-order chi connectivity index (χ0) is 8.69. The maximum Gasteiger partial charge on any atom is 0.220 e. The maximum absolute atomic E-state index is 10.8. The number of hydrogen-bond acceptors (Lipinski definition) is 1. The van der Waals surface area contributed by atoms with Crippen LogP contribution in [0.15, 0.2) is 11.6 Å². The van der Waals surface area contributed by atoms with Crippen molar-refractivity contribution in [2.45, 2.75) is 33.1 Å². The molecule has 1 N–H and O–H groups in total. The predicted molar refractivity (Wildman–Crippen MR) is 47.3 cm³/mol. The van der Waals surface area contributed by atoms with Crippen molar-refractivity contribution >= 4 is 5.91 Å². The summed E-state index contributed by atoms with van der Waals surface area (Å²) in [5.41, 5.74) is 1.30. The molecule has 0 atom stereocenters. The van der Waals surface area contributed by atoms with E-state index in [4.69, 9.17) is 0 Å². The molecule has 0 bridgehead atoms. The summed E-state index contributed by atoms with van der Waals surface area (Å²) < 4.78 is 0. The molecular formula is C9H17NO. The number of rotatable bonds is 4. The van der Waals surface area contributed by atoms with Gasteiger partial charge in [0.25, 0.3) is 0 Å². The van der Waals surface area contributed by atoms with Crippen molar-refractivity contribution in [3.8, 4) is 0 Å². The Hall–Kier alpha value is -0.790. The van der Waals surface area contributed by atoms with Crippen LogP contribution in [-0.2, 0) is 4.79 Å². The van der Waals surface area contributed by atoms with Gasteiger partial charge in [-0.2, -0.15) is 0 Å². The van der Waals surface area contributed by atoms with Gasteiger partial charge in [-0.25, -0.2) is 0 Å². The van der Waals surface area contributed by atoms with Crippen LogP contribution in [0, 0.1) is 0 Å². The minimum Gasteiger partial charge on any atom is -0.359 e. The first-order valence-electron chi connectivity index (χ1n) is 4.07. The lowest BCUT2D eigenvalue weighted by Crippen LogP contribution is -2.16. The average Bonchev–Trinajstić information content (AvgIpc) is 2.01. The van der Waals surface area contributed by atoms with Crippen molar-refractivity contribution < 1.29 is 4.79 Å². The van der Waals surface area contributed by atoms with Crippen molar-refractivity contribution in [1.82, 2.24) is 5.32 Å². The van der Waals surface area contributed by atoms with Gasteiger partial charge >= 0.3 is 0 Å². The second-order valence-corrected chi connectivity index (χ2v) is 2.63. The number of allylic oxidation sites excluding steroid dienone is 2. The van der Waals surface area contributed by atoms with E-state index in [0.717, 1.165) is 12.8 Å². The van der Waals surface area contributed by atoms with E-state index in [1.165, 1.54) is 5.57 Å². The Balaban J connectivity index is 3.53. The highest BCUT2D eigenvalue weighted by atomic mass is 16.1. The molecule has 0 aliphatic rings. The van der Waals surface area contributed by atoms with Crippen LogP contribution >= 0.6 is 0 Å². The number of carbonyl (C=O) groups is 1. The number of nitrogens with one attached hydrogen (secondary N) is 1. The van der Waals surface area contributed by atoms with Gasteiger partial charge in [0.15, 0.2) is 0 Å². The Labute approximate surface area is 68.7 Å². The fourth-order valence-electron chi connectivity index (χ4n) is 0.886. The molecule has 0 rings (SSSR count). The van der Waals surface area contributed by atoms with Gasteiger partial charge in [0, 0.05) is 13.5 Å². The molecule has 11 heavy (non-hydrogen) atoms. The molecule has 0 fully saturated rings. The standard InChI is InChI=1S/C9H17NO/c1-4-5-8(2)6-7-9(11)10-3/h5H,4,6-7H2,1-3H3,(H,10,11). The highest BCUT2D eigenvalue weighted by Crippen LogP contribution is 2.04. The van der Waals surface area contributed by atoms with Gasteiger partial charge in [-0.05, 0) is 19.8 Å². The smallest absolute Gasteiger partial charge is 0.220 e. The van der Waals surface area contributed by atoms with Gasteiger partial charge in [-0.3, -0.25) is 4.79 Å². The van der Waals surface area contributed by atoms with Crippen LogP contribution in [0.1, 0.15) is 33.1 Å². The topological polar surface area (TPSA) is 29.1 Å². The van der Waals surface area contributed by atoms with Crippen molar-refractivity contribution in [2.24, 2.45) is 0 Å². The van der Waals surface area contributed by atoms with E-state index in [2.05, 4.69) is 25.2 Å². The van der Waals surface area contributed by atoms with Crippen LogP contribution in [0.5, 0.6) is 0 Å². The molecule has 0 unspecified atom stereocenters. The Bertz CT molecular complexity index is 150. The molecule has 1 amide bonds. The molecule has 0 aromatic heterocycles. The minimum absolute atomic E-state index is 0.119. The minimum atomic E-state index is 0.119. The van der Waals surface area contributed by atoms with Gasteiger partial charge in [-0.1, -0.05) is 18.6 Å². The Morgan fingerprint density at radius 2 is 2.09 bits per heavy atom. The van der Waals surface area contributed by atoms with E-state index in [9.17, 15) is 4.79 Å². The van der Waals surface area contributed by atoms with Gasteiger partial charge in [0.05, 0.1) is 0 Å². The fourth-order valence-corrected chi connectivity index (χ4v) is 0.886. The molecule has 2 nitrogen and oxygen atoms in total. The molecule has 0 saturated carbocycles. The number of hydrogen-bond donors (Lipinski definition) is 1. The third kappa shape index (κ3) is 5.64. The van der Waals surface area contributed by atoms with Crippen LogP contribution in [0.2, 0.25) is 0 Å². The summed E-state index contributed by atoms with van der Waals surface area (Å²) in [5.74, 6) is 0.119. The Kier molecular flexibility index (Phi) is 5.53. The molecule has 0 aromatic carbocycles. The Morgan fingerprint density at radius 1 is 1.45 bits per heavy atom. The summed E-state index contributed by atoms with van der Waals surface area (Å²) in [6, 6.07) is 0. The van der Waals surface area contributed by atoms with Crippen LogP contribution in [0.25, 0.3) is 0 Å². The third-order valence-electron chi connectivity index (χ3n) is 1.58. The van der Waals surface area contributed by atoms with E-state index in [1.807, 2.05) is 0 Å². The van der Waals surface area contributed by atoms with Gasteiger partial charge in [-0.15, -0.1) is 0 Å². The molecule has 0 aliphatic carbocycles. The predicted octanol–water partition coefficient (Wildman–Crippen LogP) is 1.87. The molecule has 64 valence electrons. The van der Waals surface area contributed by atoms with E-state index in [0.29, 0.717) is 6.42 Å². The summed E-state index contributed by atoms with van der Waals surface area (Å²) in [6.45, 7) is 4.16. The van der Waals surface area contributed by atoms with Crippen LogP contribution in [0.4, 0.5) is 0 Å². The quantitative estimate of drug-likeness (QED) is 0.617. The summed E-state index contributed by atoms with van der Waals surface area (Å²) in [6.07, 6.45) is 4.70. The lowest BCUT2D eigenvalue weighted by Gasteiger charge is -1.99. The van der Waals surface area contributed by atoms with Crippen molar-refractivity contribution in [1.29, 1.82) is 0 Å². The molecular weight excluding hydrogens is 138 g/mol. The molecule has 0 radical (unpaired) electrons. The van der Waals surface area contributed by atoms with E-state index in [-0.39, 0.29) is 5.91 Å². The monoisotopic (exact) mass is 155 g/mol. The highest BCUT2D eigenvalue weighted by molar-refractivity contribution is 5.75. The first-order chi connectivity index (χ1) is 5.20. The molecule has 2 heteroatoms. The first-order valence-corrected chi connectivity index (χ1v) is 4.07. The van der Waals surface area contributed by atoms with Gasteiger partial charge in [0.2, 0.25) is 5.91 Å². The summed E-state index contributed by atoms with van der Waals surface area (Å²) in [4.78, 5) is 10.8. The second-order valence-electron chi connectivity index (χ2n) is 2.63. The van der Waals surface area contributed by atoms with Crippen LogP contribution in [-0.4, -0.2) is 13.0 Å². The summed E-state index contributed by atoms with van der Waals surface area (Å²) >= 11 is 0. The lowest BCUT2D eigenvalue weighted by atomic mass is 10.1. The molecule has 0 heterocycles. The SMILES string of the molecule is CCC=C(C)CCC(=O)NC. The zero-order valence-electron chi connectivity index (χ0n) is 7.61. The van der Waals surface area contributed by atoms with Gasteiger partial charge in [0.1, 0.15) is 0 Å². The molecule has 0 saturated heterocycles. The average molecular weight is 155 g/mol. The molecule has 0 spiro atoms. The fraction of sp³-hybridized carbons (Fsp3) is 0.667. The molecule has 0 aliphatic heterocycles. The third-order valence-corrected chi connectivity index (χ3v) is 1.58. The van der Waals surface area contributed by atoms with E-state index < -0.39 is 0 Å². The van der Waals surface area contributed by atoms with Crippen LogP contribution in [0.3, 0.4) is 0 Å². The van der Waals surface area contributed by atoms with Crippen LogP contribution < -0.4 is 5.32 Å². The summed E-state index contributed by atoms with van der Waals surface area (Å²) in [7, 11) is 1.67. The second kappa shape index (κ2) is 5.96. The summed E-state index contributed by atoms with van der Waals surface area (Å²) in [5, 5.41) is 2.60. The Morgan fingerprint density at radius 3 is 2.55 bits per heavy atom. The largest absolute Gasteiger partial charge is 0.359 e. The van der Waals surface area contributed by atoms with Crippen molar-refractivity contribution in [3.05, 3.63) is 11.6 Å². The maximum atomic E-state index is 10.8. The van der Waals surface area contributed by atoms with E-state index >= 15 is 0 Å². The van der Waals surface area contributed by atoms with Crippen molar-refractivity contribution in [2.75, 3.05) is 7.05 Å². The lowest BCUT2D eigenvalue weighted by molar-refractivity contribution is -0.120. The van der Waals surface area contributed by atoms with Crippen molar-refractivity contribution in [3.63, 3.8) is 0 Å². The molecule has 0 aromatic rings. The first kappa shape index (κ1) is 10.2. The highest BCUT2D eigenvalue weighted by Gasteiger charge is 1.96. The number of carbonyl (C=O) groups excluding carboxylic acids is 1. The zero-order valence-corrected chi connectivity index (χ0v) is 7.61.